The Morgan fingerprint density at radius 1 is 1.63 bits per heavy atom. The van der Waals surface area contributed by atoms with E-state index in [0.717, 1.165) is 12.8 Å². The minimum atomic E-state index is -0.323. The maximum absolute atomic E-state index is 12.0. The van der Waals surface area contributed by atoms with Gasteiger partial charge in [0.1, 0.15) is 5.02 Å². The predicted molar refractivity (Wildman–Crippen MR) is 76.8 cm³/mol. The molecular formula is C12H21ClN4O2. The zero-order valence-corrected chi connectivity index (χ0v) is 12.1. The monoisotopic (exact) mass is 288 g/mol. The van der Waals surface area contributed by atoms with Crippen molar-refractivity contribution in [2.24, 2.45) is 5.73 Å². The van der Waals surface area contributed by atoms with Gasteiger partial charge >= 0.3 is 0 Å². The fourth-order valence-electron chi connectivity index (χ4n) is 1.72. The number of aromatic nitrogens is 2. The van der Waals surface area contributed by atoms with Crippen molar-refractivity contribution in [3.63, 3.8) is 0 Å². The second-order valence-electron chi connectivity index (χ2n) is 4.26. The molecule has 0 bridgehead atoms. The molecule has 1 atom stereocenters. The van der Waals surface area contributed by atoms with Gasteiger partial charge in [-0.3, -0.25) is 4.79 Å². The number of methoxy groups -OCH3 is 1. The number of halogens is 1. The van der Waals surface area contributed by atoms with Crippen molar-refractivity contribution in [3.05, 3.63) is 21.6 Å². The molecule has 0 aromatic carbocycles. The van der Waals surface area contributed by atoms with Crippen LogP contribution in [0.15, 0.2) is 11.0 Å². The van der Waals surface area contributed by atoms with Crippen LogP contribution in [0.25, 0.3) is 0 Å². The molecule has 1 rings (SSSR count). The molecule has 0 amide bonds. The number of nitrogens with one attached hydrogen (secondary N) is 1. The van der Waals surface area contributed by atoms with Crippen LogP contribution in [0.3, 0.4) is 0 Å². The van der Waals surface area contributed by atoms with Gasteiger partial charge in [0.2, 0.25) is 0 Å². The molecule has 7 heteroatoms. The van der Waals surface area contributed by atoms with E-state index in [4.69, 9.17) is 22.1 Å². The molecule has 1 unspecified atom stereocenters. The van der Waals surface area contributed by atoms with Crippen molar-refractivity contribution in [2.45, 2.75) is 32.4 Å². The molecule has 0 saturated carbocycles. The fourth-order valence-corrected chi connectivity index (χ4v) is 1.92. The summed E-state index contributed by atoms with van der Waals surface area (Å²) >= 11 is 6.06. The molecule has 6 nitrogen and oxygen atoms in total. The van der Waals surface area contributed by atoms with Crippen molar-refractivity contribution >= 4 is 17.3 Å². The Bertz CT molecular complexity index is 450. The highest BCUT2D eigenvalue weighted by Crippen LogP contribution is 2.17. The van der Waals surface area contributed by atoms with Crippen LogP contribution < -0.4 is 16.6 Å². The Morgan fingerprint density at radius 3 is 2.95 bits per heavy atom. The van der Waals surface area contributed by atoms with E-state index in [1.54, 1.807) is 13.3 Å². The lowest BCUT2D eigenvalue weighted by Gasteiger charge is -2.18. The molecule has 0 aliphatic rings. The second-order valence-corrected chi connectivity index (χ2v) is 4.64. The van der Waals surface area contributed by atoms with Gasteiger partial charge < -0.3 is 15.8 Å². The summed E-state index contributed by atoms with van der Waals surface area (Å²) < 4.78 is 6.20. The Balaban J connectivity index is 2.86. The lowest BCUT2D eigenvalue weighted by molar-refractivity contribution is 0.182. The highest BCUT2D eigenvalue weighted by Gasteiger charge is 2.12. The number of nitrogens with zero attached hydrogens (tertiary/aromatic N) is 2. The number of ether oxygens (including phenoxy) is 1. The van der Waals surface area contributed by atoms with E-state index >= 15 is 0 Å². The van der Waals surface area contributed by atoms with E-state index in [2.05, 4.69) is 17.3 Å². The minimum Gasteiger partial charge on any atom is -0.383 e. The topological polar surface area (TPSA) is 82.2 Å². The van der Waals surface area contributed by atoms with E-state index in [0.29, 0.717) is 25.4 Å². The quantitative estimate of drug-likeness (QED) is 0.748. The number of nitrogens with two attached hydrogens (primary N) is 1. The average Bonchev–Trinajstić information content (AvgIpc) is 2.42. The molecule has 1 aromatic heterocycles. The second kappa shape index (κ2) is 8.14. The first-order chi connectivity index (χ1) is 9.13. The fraction of sp³-hybridized carbons (Fsp3) is 0.667. The summed E-state index contributed by atoms with van der Waals surface area (Å²) in [7, 11) is 1.57. The van der Waals surface area contributed by atoms with Crippen LogP contribution in [0.4, 0.5) is 5.69 Å². The lowest BCUT2D eigenvalue weighted by atomic mass is 10.1. The molecular weight excluding hydrogens is 268 g/mol. The molecule has 3 N–H and O–H groups in total. The number of anilines is 1. The molecule has 108 valence electrons. The van der Waals surface area contributed by atoms with Crippen molar-refractivity contribution < 1.29 is 4.74 Å². The Hall–Kier alpha value is -1.11. The van der Waals surface area contributed by atoms with Gasteiger partial charge in [-0.25, -0.2) is 4.68 Å². The first kappa shape index (κ1) is 15.9. The van der Waals surface area contributed by atoms with Gasteiger partial charge in [0, 0.05) is 19.7 Å². The van der Waals surface area contributed by atoms with Gasteiger partial charge in [-0.05, 0) is 6.42 Å². The smallest absolute Gasteiger partial charge is 0.287 e. The Kier molecular flexibility index (Phi) is 6.83. The summed E-state index contributed by atoms with van der Waals surface area (Å²) in [5.41, 5.74) is 5.87. The molecule has 0 spiro atoms. The summed E-state index contributed by atoms with van der Waals surface area (Å²) in [6.45, 7) is 3.35. The highest BCUT2D eigenvalue weighted by atomic mass is 35.5. The van der Waals surface area contributed by atoms with Crippen LogP contribution in [-0.2, 0) is 11.3 Å². The van der Waals surface area contributed by atoms with Crippen molar-refractivity contribution in [2.75, 3.05) is 25.6 Å². The van der Waals surface area contributed by atoms with Crippen LogP contribution in [0.1, 0.15) is 19.8 Å². The largest absolute Gasteiger partial charge is 0.383 e. The van der Waals surface area contributed by atoms with Crippen LogP contribution in [0.5, 0.6) is 0 Å². The molecule has 0 aliphatic carbocycles. The molecule has 0 saturated heterocycles. The number of hydrogen-bond acceptors (Lipinski definition) is 5. The first-order valence-electron chi connectivity index (χ1n) is 6.35. The molecule has 19 heavy (non-hydrogen) atoms. The minimum absolute atomic E-state index is 0.0959. The summed E-state index contributed by atoms with van der Waals surface area (Å²) in [6.07, 6.45) is 3.47. The lowest BCUT2D eigenvalue weighted by Crippen LogP contribution is -2.31. The zero-order valence-electron chi connectivity index (χ0n) is 11.4. The summed E-state index contributed by atoms with van der Waals surface area (Å²) in [6, 6.07) is 0.0959. The van der Waals surface area contributed by atoms with E-state index in [-0.39, 0.29) is 16.6 Å². The van der Waals surface area contributed by atoms with Gasteiger partial charge in [0.05, 0.1) is 25.0 Å². The van der Waals surface area contributed by atoms with Crippen molar-refractivity contribution in [3.8, 4) is 0 Å². The van der Waals surface area contributed by atoms with Crippen molar-refractivity contribution in [1.82, 2.24) is 9.78 Å². The molecule has 1 heterocycles. The van der Waals surface area contributed by atoms with Gasteiger partial charge in [-0.1, -0.05) is 24.9 Å². The van der Waals surface area contributed by atoms with Crippen LogP contribution in [-0.4, -0.2) is 36.1 Å². The van der Waals surface area contributed by atoms with Gasteiger partial charge in [0.15, 0.2) is 0 Å². The third kappa shape index (κ3) is 4.49. The van der Waals surface area contributed by atoms with E-state index in [1.807, 2.05) is 0 Å². The highest BCUT2D eigenvalue weighted by molar-refractivity contribution is 6.32. The molecule has 0 fully saturated rings. The van der Waals surface area contributed by atoms with Crippen molar-refractivity contribution in [1.29, 1.82) is 0 Å². The average molecular weight is 289 g/mol. The van der Waals surface area contributed by atoms with Gasteiger partial charge in [0.25, 0.3) is 5.56 Å². The zero-order chi connectivity index (χ0) is 14.3. The third-order valence-electron chi connectivity index (χ3n) is 2.77. The first-order valence-corrected chi connectivity index (χ1v) is 6.73. The number of rotatable bonds is 8. The van der Waals surface area contributed by atoms with Gasteiger partial charge in [-0.15, -0.1) is 0 Å². The number of hydrogen-bond donors (Lipinski definition) is 2. The SMILES string of the molecule is CCCC(CN)Nc1cnn(CCOC)c(=O)c1Cl. The maximum Gasteiger partial charge on any atom is 0.287 e. The molecule has 1 aromatic rings. The summed E-state index contributed by atoms with van der Waals surface area (Å²) in [5, 5.41) is 7.36. The third-order valence-corrected chi connectivity index (χ3v) is 3.14. The van der Waals surface area contributed by atoms with Crippen LogP contribution >= 0.6 is 11.6 Å². The Labute approximate surface area is 117 Å². The van der Waals surface area contributed by atoms with E-state index in [1.165, 1.54) is 4.68 Å². The van der Waals surface area contributed by atoms with Crippen LogP contribution in [0, 0.1) is 0 Å². The van der Waals surface area contributed by atoms with Crippen LogP contribution in [0.2, 0.25) is 5.02 Å². The van der Waals surface area contributed by atoms with Gasteiger partial charge in [-0.2, -0.15) is 5.10 Å². The Morgan fingerprint density at radius 2 is 2.37 bits per heavy atom. The molecule has 0 radical (unpaired) electrons. The normalized spacial score (nSPS) is 12.4. The standard InChI is InChI=1S/C12H21ClN4O2/c1-3-4-9(7-14)16-10-8-15-17(5-6-19-2)12(18)11(10)13/h8-9,16H,3-7,14H2,1-2H3. The molecule has 0 aliphatic heterocycles. The maximum atomic E-state index is 12.0. The summed E-state index contributed by atoms with van der Waals surface area (Å²) in [5.74, 6) is 0. The van der Waals surface area contributed by atoms with E-state index < -0.39 is 0 Å². The summed E-state index contributed by atoms with van der Waals surface area (Å²) in [4.78, 5) is 12.0. The predicted octanol–water partition coefficient (Wildman–Crippen LogP) is 1.08. The van der Waals surface area contributed by atoms with E-state index in [9.17, 15) is 4.79 Å².